The Balaban J connectivity index is 2.10. The van der Waals surface area contributed by atoms with Crippen molar-refractivity contribution in [1.82, 2.24) is 9.97 Å². The Bertz CT molecular complexity index is 673. The second kappa shape index (κ2) is 5.98. The van der Waals surface area contributed by atoms with E-state index in [1.807, 2.05) is 7.05 Å². The van der Waals surface area contributed by atoms with Crippen molar-refractivity contribution in [2.75, 3.05) is 12.4 Å². The van der Waals surface area contributed by atoms with Gasteiger partial charge in [-0.2, -0.15) is 0 Å². The Hall–Kier alpha value is -1.68. The zero-order chi connectivity index (χ0) is 14.8. The minimum atomic E-state index is -0.427. The summed E-state index contributed by atoms with van der Waals surface area (Å²) in [7, 11) is 1.87. The van der Waals surface area contributed by atoms with Gasteiger partial charge in [0.2, 0.25) is 0 Å². The van der Waals surface area contributed by atoms with Gasteiger partial charge in [0, 0.05) is 23.9 Å². The Kier molecular flexibility index (Phi) is 4.06. The molecule has 2 aromatic rings. The third-order valence-corrected chi connectivity index (χ3v) is 4.14. The molecule has 0 fully saturated rings. The fourth-order valence-electron chi connectivity index (χ4n) is 2.74. The highest BCUT2D eigenvalue weighted by Gasteiger charge is 2.17. The predicted octanol–water partition coefficient (Wildman–Crippen LogP) is 4.25. The van der Waals surface area contributed by atoms with E-state index in [1.165, 1.54) is 24.5 Å². The number of rotatable bonds is 2. The van der Waals surface area contributed by atoms with Gasteiger partial charge in [0.05, 0.1) is 5.02 Å². The van der Waals surface area contributed by atoms with Crippen LogP contribution in [-0.4, -0.2) is 17.0 Å². The lowest BCUT2D eigenvalue weighted by Crippen LogP contribution is -2.07. The van der Waals surface area contributed by atoms with Crippen LogP contribution < -0.4 is 5.32 Å². The molecule has 1 aromatic carbocycles. The summed E-state index contributed by atoms with van der Waals surface area (Å²) >= 11 is 5.86. The van der Waals surface area contributed by atoms with Crippen LogP contribution in [0, 0.1) is 5.82 Å². The molecular formula is C16H17ClFN3. The number of nitrogens with one attached hydrogen (secondary N) is 1. The summed E-state index contributed by atoms with van der Waals surface area (Å²) in [5, 5.41) is 3.26. The van der Waals surface area contributed by atoms with Crippen LogP contribution in [0.4, 0.5) is 10.2 Å². The molecule has 0 saturated carbocycles. The summed E-state index contributed by atoms with van der Waals surface area (Å²) in [5.74, 6) is 1.04. The second-order valence-electron chi connectivity index (χ2n) is 5.26. The van der Waals surface area contributed by atoms with Gasteiger partial charge in [-0.15, -0.1) is 0 Å². The number of hydrogen-bond donors (Lipinski definition) is 1. The monoisotopic (exact) mass is 305 g/mol. The number of aryl methyl sites for hydroxylation is 1. The molecule has 0 bridgehead atoms. The standard InChI is InChI=1S/C16H17ClFN3/c1-19-16-11-5-3-2-4-6-14(11)20-15(21-16)10-7-8-13(18)12(17)9-10/h7-9H,2-6H2,1H3,(H,19,20,21). The molecule has 1 heterocycles. The topological polar surface area (TPSA) is 37.8 Å². The molecule has 0 unspecified atom stereocenters. The van der Waals surface area contributed by atoms with Crippen LogP contribution in [0.25, 0.3) is 11.4 Å². The van der Waals surface area contributed by atoms with E-state index in [1.54, 1.807) is 12.1 Å². The van der Waals surface area contributed by atoms with Gasteiger partial charge in [0.25, 0.3) is 0 Å². The highest BCUT2D eigenvalue weighted by atomic mass is 35.5. The lowest BCUT2D eigenvalue weighted by molar-refractivity contribution is 0.628. The fourth-order valence-corrected chi connectivity index (χ4v) is 2.92. The molecule has 5 heteroatoms. The number of hydrogen-bond acceptors (Lipinski definition) is 3. The van der Waals surface area contributed by atoms with Crippen molar-refractivity contribution >= 4 is 17.4 Å². The first-order valence-electron chi connectivity index (χ1n) is 7.22. The highest BCUT2D eigenvalue weighted by molar-refractivity contribution is 6.31. The minimum Gasteiger partial charge on any atom is -0.373 e. The summed E-state index contributed by atoms with van der Waals surface area (Å²) in [4.78, 5) is 9.27. The zero-order valence-corrected chi connectivity index (χ0v) is 12.7. The van der Waals surface area contributed by atoms with Gasteiger partial charge in [-0.3, -0.25) is 0 Å². The quantitative estimate of drug-likeness (QED) is 0.843. The molecule has 21 heavy (non-hydrogen) atoms. The van der Waals surface area contributed by atoms with Gasteiger partial charge in [0.1, 0.15) is 11.6 Å². The average Bonchev–Trinajstić information content (AvgIpc) is 2.74. The zero-order valence-electron chi connectivity index (χ0n) is 11.9. The van der Waals surface area contributed by atoms with Gasteiger partial charge in [-0.1, -0.05) is 18.0 Å². The largest absolute Gasteiger partial charge is 0.373 e. The van der Waals surface area contributed by atoms with Crippen molar-refractivity contribution in [2.45, 2.75) is 32.1 Å². The van der Waals surface area contributed by atoms with Crippen LogP contribution in [0.2, 0.25) is 5.02 Å². The van der Waals surface area contributed by atoms with Crippen molar-refractivity contribution in [3.63, 3.8) is 0 Å². The smallest absolute Gasteiger partial charge is 0.161 e. The molecule has 0 atom stereocenters. The molecule has 0 radical (unpaired) electrons. The summed E-state index contributed by atoms with van der Waals surface area (Å²) in [6, 6.07) is 4.60. The van der Waals surface area contributed by atoms with Crippen LogP contribution >= 0.6 is 11.6 Å². The van der Waals surface area contributed by atoms with Crippen LogP contribution in [0.1, 0.15) is 30.5 Å². The minimum absolute atomic E-state index is 0.0945. The average molecular weight is 306 g/mol. The van der Waals surface area contributed by atoms with Gasteiger partial charge >= 0.3 is 0 Å². The summed E-state index contributed by atoms with van der Waals surface area (Å²) in [6.45, 7) is 0. The van der Waals surface area contributed by atoms with Gasteiger partial charge in [0.15, 0.2) is 5.82 Å². The van der Waals surface area contributed by atoms with E-state index < -0.39 is 5.82 Å². The maximum Gasteiger partial charge on any atom is 0.161 e. The lowest BCUT2D eigenvalue weighted by Gasteiger charge is -2.13. The van der Waals surface area contributed by atoms with Gasteiger partial charge in [-0.05, 0) is 43.9 Å². The maximum absolute atomic E-state index is 13.3. The normalized spacial score (nSPS) is 14.4. The van der Waals surface area contributed by atoms with E-state index in [9.17, 15) is 4.39 Å². The Labute approximate surface area is 128 Å². The first-order valence-corrected chi connectivity index (χ1v) is 7.60. The third-order valence-electron chi connectivity index (χ3n) is 3.85. The number of anilines is 1. The summed E-state index contributed by atoms with van der Waals surface area (Å²) < 4.78 is 13.3. The molecule has 0 saturated heterocycles. The van der Waals surface area contributed by atoms with E-state index in [4.69, 9.17) is 16.6 Å². The van der Waals surface area contributed by atoms with E-state index in [0.717, 1.165) is 36.3 Å². The number of nitrogens with zero attached hydrogens (tertiary/aromatic N) is 2. The Morgan fingerprint density at radius 3 is 2.71 bits per heavy atom. The van der Waals surface area contributed by atoms with E-state index in [0.29, 0.717) is 5.82 Å². The van der Waals surface area contributed by atoms with Gasteiger partial charge < -0.3 is 5.32 Å². The summed E-state index contributed by atoms with van der Waals surface area (Å²) in [5.41, 5.74) is 3.05. The Morgan fingerprint density at radius 1 is 1.14 bits per heavy atom. The second-order valence-corrected chi connectivity index (χ2v) is 5.67. The predicted molar refractivity (Wildman–Crippen MR) is 83.2 cm³/mol. The molecule has 0 spiro atoms. The molecule has 0 aliphatic heterocycles. The number of aromatic nitrogens is 2. The number of halogens is 2. The molecule has 1 aliphatic rings. The third kappa shape index (κ3) is 2.86. The Morgan fingerprint density at radius 2 is 1.95 bits per heavy atom. The van der Waals surface area contributed by atoms with E-state index in [2.05, 4.69) is 10.3 Å². The van der Waals surface area contributed by atoms with Crippen molar-refractivity contribution in [1.29, 1.82) is 0 Å². The molecule has 0 amide bonds. The molecule has 1 aliphatic carbocycles. The molecule has 3 nitrogen and oxygen atoms in total. The summed E-state index contributed by atoms with van der Waals surface area (Å²) in [6.07, 6.45) is 5.52. The van der Waals surface area contributed by atoms with E-state index >= 15 is 0 Å². The van der Waals surface area contributed by atoms with Crippen molar-refractivity contribution in [2.24, 2.45) is 0 Å². The van der Waals surface area contributed by atoms with Crippen molar-refractivity contribution < 1.29 is 4.39 Å². The van der Waals surface area contributed by atoms with Crippen molar-refractivity contribution in [3.8, 4) is 11.4 Å². The molecule has 110 valence electrons. The first-order chi connectivity index (χ1) is 10.2. The molecule has 3 rings (SSSR count). The van der Waals surface area contributed by atoms with Crippen molar-refractivity contribution in [3.05, 3.63) is 40.3 Å². The van der Waals surface area contributed by atoms with Crippen LogP contribution in [0.15, 0.2) is 18.2 Å². The SMILES string of the molecule is CNc1nc(-c2ccc(F)c(Cl)c2)nc2c1CCCCC2. The van der Waals surface area contributed by atoms with Gasteiger partial charge in [-0.25, -0.2) is 14.4 Å². The maximum atomic E-state index is 13.3. The van der Waals surface area contributed by atoms with E-state index in [-0.39, 0.29) is 5.02 Å². The van der Waals surface area contributed by atoms with Crippen LogP contribution in [0.5, 0.6) is 0 Å². The number of fused-ring (bicyclic) bond motifs is 1. The first kappa shape index (κ1) is 14.3. The highest BCUT2D eigenvalue weighted by Crippen LogP contribution is 2.29. The molecule has 1 N–H and O–H groups in total. The van der Waals surface area contributed by atoms with Crippen LogP contribution in [0.3, 0.4) is 0 Å². The fraction of sp³-hybridized carbons (Fsp3) is 0.375. The molecule has 1 aromatic heterocycles. The molecular weight excluding hydrogens is 289 g/mol. The van der Waals surface area contributed by atoms with Crippen LogP contribution in [-0.2, 0) is 12.8 Å². The lowest BCUT2D eigenvalue weighted by atomic mass is 10.1. The number of benzene rings is 1.